The lowest BCUT2D eigenvalue weighted by Gasteiger charge is -2.26. The Morgan fingerprint density at radius 1 is 1.07 bits per heavy atom. The van der Waals surface area contributed by atoms with Gasteiger partial charge in [-0.15, -0.1) is 0 Å². The summed E-state index contributed by atoms with van der Waals surface area (Å²) in [6.45, 7) is 1.65. The van der Waals surface area contributed by atoms with E-state index in [1.165, 1.54) is 0 Å². The van der Waals surface area contributed by atoms with E-state index in [-0.39, 0.29) is 11.9 Å². The second-order valence-corrected chi connectivity index (χ2v) is 6.80. The molecule has 0 aromatic heterocycles. The van der Waals surface area contributed by atoms with Crippen molar-refractivity contribution in [2.75, 3.05) is 39.7 Å². The van der Waals surface area contributed by atoms with Crippen molar-refractivity contribution in [3.8, 4) is 17.2 Å². The predicted octanol–water partition coefficient (Wildman–Crippen LogP) is 3.88. The lowest BCUT2D eigenvalue weighted by Crippen LogP contribution is -2.28. The van der Waals surface area contributed by atoms with Crippen molar-refractivity contribution < 1.29 is 19.0 Å². The number of hydrogen-bond donors (Lipinski definition) is 1. The highest BCUT2D eigenvalue weighted by Crippen LogP contribution is 2.38. The molecular formula is C22H28N2O4. The van der Waals surface area contributed by atoms with E-state index < -0.39 is 0 Å². The van der Waals surface area contributed by atoms with Gasteiger partial charge in [0.1, 0.15) is 17.2 Å². The van der Waals surface area contributed by atoms with Gasteiger partial charge in [-0.1, -0.05) is 12.1 Å². The Morgan fingerprint density at radius 3 is 2.61 bits per heavy atom. The van der Waals surface area contributed by atoms with Crippen molar-refractivity contribution in [2.45, 2.75) is 25.3 Å². The number of carbonyl (C=O) groups is 1. The molecule has 3 rings (SSSR count). The number of ether oxygens (including phenoxy) is 3. The standard InChI is InChI=1S/C22H28N2O4/c1-26-16-10-11-20(27-2)17(15-16)19-8-6-13-24(19)14-12-22(25)23-18-7-4-5-9-21(18)28-3/h4-5,7,9-11,15,19H,6,8,12-14H2,1-3H3,(H,23,25). The van der Waals surface area contributed by atoms with Crippen molar-refractivity contribution in [2.24, 2.45) is 0 Å². The van der Waals surface area contributed by atoms with Crippen LogP contribution in [0.2, 0.25) is 0 Å². The molecule has 1 atom stereocenters. The molecule has 1 amide bonds. The summed E-state index contributed by atoms with van der Waals surface area (Å²) >= 11 is 0. The molecule has 0 radical (unpaired) electrons. The van der Waals surface area contributed by atoms with Crippen LogP contribution in [0.4, 0.5) is 5.69 Å². The zero-order valence-corrected chi connectivity index (χ0v) is 16.7. The summed E-state index contributed by atoms with van der Waals surface area (Å²) < 4.78 is 16.2. The maximum Gasteiger partial charge on any atom is 0.225 e. The first-order chi connectivity index (χ1) is 13.7. The third kappa shape index (κ3) is 4.57. The van der Waals surface area contributed by atoms with Crippen molar-refractivity contribution in [1.82, 2.24) is 4.90 Å². The molecule has 1 aliphatic rings. The Morgan fingerprint density at radius 2 is 1.86 bits per heavy atom. The largest absolute Gasteiger partial charge is 0.497 e. The number of nitrogens with one attached hydrogen (secondary N) is 1. The Bertz CT molecular complexity index is 809. The fraction of sp³-hybridized carbons (Fsp3) is 0.409. The van der Waals surface area contributed by atoms with Gasteiger partial charge in [0.2, 0.25) is 5.91 Å². The summed E-state index contributed by atoms with van der Waals surface area (Å²) in [7, 11) is 4.95. The number of amides is 1. The summed E-state index contributed by atoms with van der Waals surface area (Å²) in [5.74, 6) is 2.32. The highest BCUT2D eigenvalue weighted by Gasteiger charge is 2.29. The summed E-state index contributed by atoms with van der Waals surface area (Å²) in [6, 6.07) is 13.5. The highest BCUT2D eigenvalue weighted by molar-refractivity contribution is 5.92. The first-order valence-corrected chi connectivity index (χ1v) is 9.55. The average molecular weight is 384 g/mol. The van der Waals surface area contributed by atoms with E-state index in [2.05, 4.69) is 10.2 Å². The van der Waals surface area contributed by atoms with Crippen LogP contribution in [0.25, 0.3) is 0 Å². The molecule has 1 N–H and O–H groups in total. The van der Waals surface area contributed by atoms with Crippen LogP contribution >= 0.6 is 0 Å². The quantitative estimate of drug-likeness (QED) is 0.748. The van der Waals surface area contributed by atoms with Crippen LogP contribution < -0.4 is 19.5 Å². The molecule has 1 fully saturated rings. The topological polar surface area (TPSA) is 60.0 Å². The molecule has 2 aromatic carbocycles. The molecule has 0 spiro atoms. The van der Waals surface area contributed by atoms with Gasteiger partial charge in [0.05, 0.1) is 27.0 Å². The van der Waals surface area contributed by atoms with Gasteiger partial charge in [-0.05, 0) is 49.7 Å². The lowest BCUT2D eigenvalue weighted by atomic mass is 10.0. The second kappa shape index (κ2) is 9.46. The molecule has 1 unspecified atom stereocenters. The van der Waals surface area contributed by atoms with E-state index in [0.29, 0.717) is 24.4 Å². The van der Waals surface area contributed by atoms with Gasteiger partial charge >= 0.3 is 0 Å². The van der Waals surface area contributed by atoms with Crippen LogP contribution in [-0.4, -0.2) is 45.2 Å². The molecule has 6 heteroatoms. The fourth-order valence-electron chi connectivity index (χ4n) is 3.75. The van der Waals surface area contributed by atoms with Crippen molar-refractivity contribution in [3.63, 3.8) is 0 Å². The van der Waals surface area contributed by atoms with E-state index in [4.69, 9.17) is 14.2 Å². The molecule has 150 valence electrons. The van der Waals surface area contributed by atoms with E-state index in [0.717, 1.165) is 36.4 Å². The number of likely N-dealkylation sites (tertiary alicyclic amines) is 1. The SMILES string of the molecule is COc1ccc(OC)c(C2CCCN2CCC(=O)Nc2ccccc2OC)c1. The molecule has 2 aromatic rings. The minimum atomic E-state index is -0.0206. The van der Waals surface area contributed by atoms with E-state index in [9.17, 15) is 4.79 Å². The van der Waals surface area contributed by atoms with Crippen LogP contribution in [0.15, 0.2) is 42.5 Å². The Labute approximate surface area is 166 Å². The molecule has 1 saturated heterocycles. The van der Waals surface area contributed by atoms with Crippen LogP contribution in [0.1, 0.15) is 30.9 Å². The van der Waals surface area contributed by atoms with E-state index in [1.807, 2.05) is 42.5 Å². The fourth-order valence-corrected chi connectivity index (χ4v) is 3.75. The van der Waals surface area contributed by atoms with Gasteiger partial charge in [-0.3, -0.25) is 9.69 Å². The number of nitrogens with zero attached hydrogens (tertiary/aromatic N) is 1. The monoisotopic (exact) mass is 384 g/mol. The van der Waals surface area contributed by atoms with Crippen LogP contribution in [0.3, 0.4) is 0 Å². The van der Waals surface area contributed by atoms with Crippen LogP contribution in [0.5, 0.6) is 17.2 Å². The van der Waals surface area contributed by atoms with Crippen LogP contribution in [-0.2, 0) is 4.79 Å². The number of carbonyl (C=O) groups excluding carboxylic acids is 1. The molecule has 0 aliphatic carbocycles. The van der Waals surface area contributed by atoms with Gasteiger partial charge in [0.25, 0.3) is 0 Å². The zero-order chi connectivity index (χ0) is 19.9. The molecule has 0 bridgehead atoms. The van der Waals surface area contributed by atoms with E-state index >= 15 is 0 Å². The van der Waals surface area contributed by atoms with Gasteiger partial charge in [0, 0.05) is 24.6 Å². The Kier molecular flexibility index (Phi) is 6.76. The van der Waals surface area contributed by atoms with Gasteiger partial charge in [-0.2, -0.15) is 0 Å². The van der Waals surface area contributed by atoms with Gasteiger partial charge in [-0.25, -0.2) is 0 Å². The predicted molar refractivity (Wildman–Crippen MR) is 109 cm³/mol. The zero-order valence-electron chi connectivity index (χ0n) is 16.7. The molecule has 1 aliphatic heterocycles. The number of methoxy groups -OCH3 is 3. The maximum atomic E-state index is 12.5. The first-order valence-electron chi connectivity index (χ1n) is 9.55. The van der Waals surface area contributed by atoms with Crippen LogP contribution in [0, 0.1) is 0 Å². The third-order valence-corrected chi connectivity index (χ3v) is 5.17. The summed E-state index contributed by atoms with van der Waals surface area (Å²) in [4.78, 5) is 14.8. The molecule has 6 nitrogen and oxygen atoms in total. The summed E-state index contributed by atoms with van der Waals surface area (Å²) in [5, 5.41) is 2.95. The Balaban J connectivity index is 1.65. The van der Waals surface area contributed by atoms with Crippen molar-refractivity contribution in [3.05, 3.63) is 48.0 Å². The van der Waals surface area contributed by atoms with Gasteiger partial charge < -0.3 is 19.5 Å². The number of anilines is 1. The number of rotatable bonds is 8. The number of benzene rings is 2. The highest BCUT2D eigenvalue weighted by atomic mass is 16.5. The molecule has 0 saturated carbocycles. The minimum Gasteiger partial charge on any atom is -0.497 e. The first kappa shape index (κ1) is 20.0. The Hall–Kier alpha value is -2.73. The van der Waals surface area contributed by atoms with Crippen molar-refractivity contribution >= 4 is 11.6 Å². The maximum absolute atomic E-state index is 12.5. The molecule has 28 heavy (non-hydrogen) atoms. The molecule has 1 heterocycles. The summed E-state index contributed by atoms with van der Waals surface area (Å²) in [5.41, 5.74) is 1.81. The summed E-state index contributed by atoms with van der Waals surface area (Å²) in [6.07, 6.45) is 2.55. The normalized spacial score (nSPS) is 16.6. The average Bonchev–Trinajstić information content (AvgIpc) is 3.20. The lowest BCUT2D eigenvalue weighted by molar-refractivity contribution is -0.116. The smallest absolute Gasteiger partial charge is 0.225 e. The number of para-hydroxylation sites is 2. The molecular weight excluding hydrogens is 356 g/mol. The third-order valence-electron chi connectivity index (χ3n) is 5.17. The van der Waals surface area contributed by atoms with E-state index in [1.54, 1.807) is 21.3 Å². The minimum absolute atomic E-state index is 0.0206. The van der Waals surface area contributed by atoms with Crippen molar-refractivity contribution in [1.29, 1.82) is 0 Å². The number of hydrogen-bond acceptors (Lipinski definition) is 5. The second-order valence-electron chi connectivity index (χ2n) is 6.80. The van der Waals surface area contributed by atoms with Gasteiger partial charge in [0.15, 0.2) is 0 Å².